The molecule has 5 heteroatoms. The molecule has 0 unspecified atom stereocenters. The Bertz CT molecular complexity index is 519. The number of nitrogens with zero attached hydrogens (tertiary/aromatic N) is 3. The van der Waals surface area contributed by atoms with E-state index in [2.05, 4.69) is 41.4 Å². The van der Waals surface area contributed by atoms with Gasteiger partial charge in [0.2, 0.25) is 0 Å². The standard InChI is InChI=1S/C15H21ClN4/c1-12(2)10-20-15(18-11-19-20)9-17-8-7-13-3-5-14(16)6-4-13/h3-6,11-12,17H,7-10H2,1-2H3. The van der Waals surface area contributed by atoms with Gasteiger partial charge in [-0.3, -0.25) is 0 Å². The fourth-order valence-electron chi connectivity index (χ4n) is 2.01. The average molecular weight is 293 g/mol. The summed E-state index contributed by atoms with van der Waals surface area (Å²) >= 11 is 5.87. The molecule has 0 saturated heterocycles. The monoisotopic (exact) mass is 292 g/mol. The van der Waals surface area contributed by atoms with Gasteiger partial charge in [-0.1, -0.05) is 37.6 Å². The molecule has 0 amide bonds. The Kier molecular flexibility index (Phi) is 5.56. The Hall–Kier alpha value is -1.39. The van der Waals surface area contributed by atoms with Crippen LogP contribution in [0.25, 0.3) is 0 Å². The average Bonchev–Trinajstić information content (AvgIpc) is 2.83. The van der Waals surface area contributed by atoms with Crippen molar-refractivity contribution in [3.63, 3.8) is 0 Å². The number of halogens is 1. The van der Waals surface area contributed by atoms with E-state index in [1.807, 2.05) is 16.8 Å². The highest BCUT2D eigenvalue weighted by molar-refractivity contribution is 6.30. The fraction of sp³-hybridized carbons (Fsp3) is 0.467. The smallest absolute Gasteiger partial charge is 0.140 e. The summed E-state index contributed by atoms with van der Waals surface area (Å²) in [6, 6.07) is 7.98. The van der Waals surface area contributed by atoms with Gasteiger partial charge in [0, 0.05) is 11.6 Å². The van der Waals surface area contributed by atoms with Crippen LogP contribution in [0, 0.1) is 5.92 Å². The van der Waals surface area contributed by atoms with Crippen LogP contribution in [0.1, 0.15) is 25.2 Å². The van der Waals surface area contributed by atoms with Crippen molar-refractivity contribution in [2.45, 2.75) is 33.4 Å². The van der Waals surface area contributed by atoms with Gasteiger partial charge in [-0.2, -0.15) is 5.10 Å². The molecule has 1 N–H and O–H groups in total. The molecular weight excluding hydrogens is 272 g/mol. The Morgan fingerprint density at radius 1 is 1.25 bits per heavy atom. The third-order valence-corrected chi connectivity index (χ3v) is 3.27. The summed E-state index contributed by atoms with van der Waals surface area (Å²) in [6.45, 7) is 6.93. The molecule has 20 heavy (non-hydrogen) atoms. The van der Waals surface area contributed by atoms with Gasteiger partial charge < -0.3 is 5.32 Å². The van der Waals surface area contributed by atoms with E-state index in [1.54, 1.807) is 6.33 Å². The molecule has 0 radical (unpaired) electrons. The summed E-state index contributed by atoms with van der Waals surface area (Å²) in [6.07, 6.45) is 2.61. The van der Waals surface area contributed by atoms with Crippen LogP contribution in [-0.2, 0) is 19.5 Å². The summed E-state index contributed by atoms with van der Waals surface area (Å²) in [4.78, 5) is 4.30. The first-order chi connectivity index (χ1) is 9.65. The number of hydrogen-bond donors (Lipinski definition) is 1. The lowest BCUT2D eigenvalue weighted by Crippen LogP contribution is -2.21. The molecule has 0 atom stereocenters. The maximum atomic E-state index is 5.87. The zero-order chi connectivity index (χ0) is 14.4. The molecule has 0 spiro atoms. The van der Waals surface area contributed by atoms with Crippen LogP contribution in [-0.4, -0.2) is 21.3 Å². The maximum absolute atomic E-state index is 5.87. The summed E-state index contributed by atoms with van der Waals surface area (Å²) in [5.41, 5.74) is 1.28. The Morgan fingerprint density at radius 2 is 2.00 bits per heavy atom. The summed E-state index contributed by atoms with van der Waals surface area (Å²) in [7, 11) is 0. The lowest BCUT2D eigenvalue weighted by atomic mass is 10.1. The molecule has 2 aromatic rings. The van der Waals surface area contributed by atoms with E-state index in [0.29, 0.717) is 5.92 Å². The van der Waals surface area contributed by atoms with Gasteiger partial charge >= 0.3 is 0 Å². The molecule has 1 aromatic heterocycles. The van der Waals surface area contributed by atoms with Crippen molar-refractivity contribution in [3.05, 3.63) is 47.0 Å². The second kappa shape index (κ2) is 7.41. The molecule has 2 rings (SSSR count). The lowest BCUT2D eigenvalue weighted by Gasteiger charge is -2.09. The van der Waals surface area contributed by atoms with Crippen molar-refractivity contribution in [1.82, 2.24) is 20.1 Å². The van der Waals surface area contributed by atoms with Crippen LogP contribution in [0.4, 0.5) is 0 Å². The van der Waals surface area contributed by atoms with Gasteiger partial charge in [0.1, 0.15) is 12.2 Å². The highest BCUT2D eigenvalue weighted by Crippen LogP contribution is 2.09. The Labute approximate surface area is 125 Å². The number of rotatable bonds is 7. The van der Waals surface area contributed by atoms with Crippen molar-refractivity contribution >= 4 is 11.6 Å². The summed E-state index contributed by atoms with van der Waals surface area (Å²) in [5, 5.41) is 8.44. The predicted octanol–water partition coefficient (Wildman–Crippen LogP) is 2.92. The predicted molar refractivity (Wildman–Crippen MR) is 81.7 cm³/mol. The van der Waals surface area contributed by atoms with Gasteiger partial charge in [-0.05, 0) is 36.6 Å². The van der Waals surface area contributed by atoms with Gasteiger partial charge in [0.05, 0.1) is 6.54 Å². The molecule has 0 saturated carbocycles. The molecule has 1 heterocycles. The van der Waals surface area contributed by atoms with Crippen molar-refractivity contribution in [1.29, 1.82) is 0 Å². The minimum absolute atomic E-state index is 0.574. The minimum atomic E-state index is 0.574. The quantitative estimate of drug-likeness (QED) is 0.798. The van der Waals surface area contributed by atoms with E-state index in [0.717, 1.165) is 36.9 Å². The molecule has 0 bridgehead atoms. The Morgan fingerprint density at radius 3 is 2.70 bits per heavy atom. The molecule has 0 aliphatic rings. The molecule has 0 aliphatic heterocycles. The number of nitrogens with one attached hydrogen (secondary N) is 1. The van der Waals surface area contributed by atoms with Gasteiger partial charge in [0.25, 0.3) is 0 Å². The molecule has 0 aliphatic carbocycles. The van der Waals surface area contributed by atoms with Crippen molar-refractivity contribution < 1.29 is 0 Å². The van der Waals surface area contributed by atoms with Gasteiger partial charge in [-0.15, -0.1) is 0 Å². The third kappa shape index (κ3) is 4.62. The van der Waals surface area contributed by atoms with Crippen LogP contribution in [0.15, 0.2) is 30.6 Å². The molecule has 108 valence electrons. The van der Waals surface area contributed by atoms with Gasteiger partial charge in [-0.25, -0.2) is 9.67 Å². The highest BCUT2D eigenvalue weighted by Gasteiger charge is 2.05. The topological polar surface area (TPSA) is 42.7 Å². The van der Waals surface area contributed by atoms with Crippen molar-refractivity contribution in [2.24, 2.45) is 5.92 Å². The van der Waals surface area contributed by atoms with E-state index in [4.69, 9.17) is 11.6 Å². The van der Waals surface area contributed by atoms with E-state index in [9.17, 15) is 0 Å². The maximum Gasteiger partial charge on any atom is 0.140 e. The molecular formula is C15H21ClN4. The van der Waals surface area contributed by atoms with Crippen LogP contribution in [0.3, 0.4) is 0 Å². The first-order valence-corrected chi connectivity index (χ1v) is 7.35. The van der Waals surface area contributed by atoms with Crippen LogP contribution >= 0.6 is 11.6 Å². The molecule has 1 aromatic carbocycles. The second-order valence-corrected chi connectivity index (χ2v) is 5.74. The largest absolute Gasteiger partial charge is 0.310 e. The normalized spacial score (nSPS) is 11.2. The van der Waals surface area contributed by atoms with Crippen LogP contribution in [0.2, 0.25) is 5.02 Å². The van der Waals surface area contributed by atoms with E-state index in [1.165, 1.54) is 5.56 Å². The van der Waals surface area contributed by atoms with Crippen molar-refractivity contribution in [2.75, 3.05) is 6.54 Å². The highest BCUT2D eigenvalue weighted by atomic mass is 35.5. The minimum Gasteiger partial charge on any atom is -0.310 e. The zero-order valence-corrected chi connectivity index (χ0v) is 12.8. The number of aromatic nitrogens is 3. The lowest BCUT2D eigenvalue weighted by molar-refractivity contribution is 0.458. The first-order valence-electron chi connectivity index (χ1n) is 6.97. The first kappa shape index (κ1) is 15.0. The van der Waals surface area contributed by atoms with Crippen LogP contribution in [0.5, 0.6) is 0 Å². The second-order valence-electron chi connectivity index (χ2n) is 5.31. The Balaban J connectivity index is 1.76. The third-order valence-electron chi connectivity index (χ3n) is 3.02. The fourth-order valence-corrected chi connectivity index (χ4v) is 2.13. The molecule has 0 fully saturated rings. The summed E-state index contributed by atoms with van der Waals surface area (Å²) in [5.74, 6) is 1.57. The van der Waals surface area contributed by atoms with Crippen molar-refractivity contribution in [3.8, 4) is 0 Å². The zero-order valence-electron chi connectivity index (χ0n) is 12.0. The van der Waals surface area contributed by atoms with E-state index in [-0.39, 0.29) is 0 Å². The van der Waals surface area contributed by atoms with Crippen LogP contribution < -0.4 is 5.32 Å². The SMILES string of the molecule is CC(C)Cn1ncnc1CNCCc1ccc(Cl)cc1. The van der Waals surface area contributed by atoms with E-state index < -0.39 is 0 Å². The number of benzene rings is 1. The number of hydrogen-bond acceptors (Lipinski definition) is 3. The van der Waals surface area contributed by atoms with Gasteiger partial charge in [0.15, 0.2) is 0 Å². The molecule has 4 nitrogen and oxygen atoms in total. The summed E-state index contributed by atoms with van der Waals surface area (Å²) < 4.78 is 1.97. The van der Waals surface area contributed by atoms with E-state index >= 15 is 0 Å².